The number of nitrogens with two attached hydrogens (primary N) is 1. The molecule has 1 aliphatic carbocycles. The topological polar surface area (TPSA) is 59.6 Å². The maximum atomic E-state index is 5.77. The monoisotopic (exact) mass is 283 g/mol. The van der Waals surface area contributed by atoms with Gasteiger partial charge < -0.3 is 15.8 Å². The molecule has 1 fully saturated rings. The number of benzene rings is 1. The SMILES string of the molecule is COc1cc(Br)cc(NC(N)=NC2CC2)c1. The second-order valence-electron chi connectivity index (χ2n) is 3.75. The van der Waals surface area contributed by atoms with Crippen LogP contribution in [0.4, 0.5) is 5.69 Å². The molecule has 5 heteroatoms. The van der Waals surface area contributed by atoms with Crippen LogP contribution >= 0.6 is 15.9 Å². The van der Waals surface area contributed by atoms with Gasteiger partial charge in [0.25, 0.3) is 0 Å². The first-order valence-electron chi connectivity index (χ1n) is 5.12. The summed E-state index contributed by atoms with van der Waals surface area (Å²) < 4.78 is 6.10. The summed E-state index contributed by atoms with van der Waals surface area (Å²) in [4.78, 5) is 4.30. The molecule has 3 N–H and O–H groups in total. The lowest BCUT2D eigenvalue weighted by Gasteiger charge is -2.08. The van der Waals surface area contributed by atoms with Gasteiger partial charge in [0, 0.05) is 16.2 Å². The smallest absolute Gasteiger partial charge is 0.193 e. The highest BCUT2D eigenvalue weighted by molar-refractivity contribution is 9.10. The van der Waals surface area contributed by atoms with Crippen molar-refractivity contribution in [3.63, 3.8) is 0 Å². The summed E-state index contributed by atoms with van der Waals surface area (Å²) in [6.45, 7) is 0. The molecule has 0 atom stereocenters. The fourth-order valence-electron chi connectivity index (χ4n) is 1.33. The van der Waals surface area contributed by atoms with Gasteiger partial charge in [-0.15, -0.1) is 0 Å². The van der Waals surface area contributed by atoms with E-state index in [1.807, 2.05) is 18.2 Å². The van der Waals surface area contributed by atoms with E-state index in [2.05, 4.69) is 26.2 Å². The molecular formula is C11H14BrN3O. The molecule has 0 spiro atoms. The van der Waals surface area contributed by atoms with Crippen LogP contribution in [0.3, 0.4) is 0 Å². The third-order valence-electron chi connectivity index (χ3n) is 2.25. The van der Waals surface area contributed by atoms with Crippen molar-refractivity contribution in [2.45, 2.75) is 18.9 Å². The zero-order chi connectivity index (χ0) is 11.5. The predicted molar refractivity (Wildman–Crippen MR) is 69.0 cm³/mol. The fraction of sp³-hybridized carbons (Fsp3) is 0.364. The van der Waals surface area contributed by atoms with Crippen LogP contribution in [-0.2, 0) is 0 Å². The van der Waals surface area contributed by atoms with Gasteiger partial charge in [-0.1, -0.05) is 15.9 Å². The van der Waals surface area contributed by atoms with E-state index >= 15 is 0 Å². The number of guanidine groups is 1. The van der Waals surface area contributed by atoms with E-state index in [1.54, 1.807) is 7.11 Å². The van der Waals surface area contributed by atoms with E-state index in [-0.39, 0.29) is 0 Å². The first kappa shape index (κ1) is 11.3. The summed E-state index contributed by atoms with van der Waals surface area (Å²) in [5.74, 6) is 1.23. The third-order valence-corrected chi connectivity index (χ3v) is 2.71. The summed E-state index contributed by atoms with van der Waals surface area (Å²) in [6.07, 6.45) is 2.29. The van der Waals surface area contributed by atoms with Gasteiger partial charge in [-0.2, -0.15) is 0 Å². The van der Waals surface area contributed by atoms with Crippen LogP contribution in [-0.4, -0.2) is 19.1 Å². The normalized spacial score (nSPS) is 16.0. The first-order valence-corrected chi connectivity index (χ1v) is 5.91. The standard InChI is InChI=1S/C11H14BrN3O/c1-16-10-5-7(12)4-9(6-10)15-11(13)14-8-2-3-8/h4-6,8H,2-3H2,1H3,(H3,13,14,15). The van der Waals surface area contributed by atoms with Crippen LogP contribution in [0.5, 0.6) is 5.75 Å². The lowest BCUT2D eigenvalue weighted by Crippen LogP contribution is -2.23. The van der Waals surface area contributed by atoms with Gasteiger partial charge in [-0.3, -0.25) is 0 Å². The van der Waals surface area contributed by atoms with Crippen molar-refractivity contribution < 1.29 is 4.74 Å². The quantitative estimate of drug-likeness (QED) is 0.661. The number of nitrogens with zero attached hydrogens (tertiary/aromatic N) is 1. The van der Waals surface area contributed by atoms with Gasteiger partial charge in [-0.25, -0.2) is 4.99 Å². The van der Waals surface area contributed by atoms with Crippen molar-refractivity contribution in [3.8, 4) is 5.75 Å². The molecule has 0 aromatic heterocycles. The summed E-state index contributed by atoms with van der Waals surface area (Å²) >= 11 is 3.41. The van der Waals surface area contributed by atoms with E-state index < -0.39 is 0 Å². The average molecular weight is 284 g/mol. The molecule has 0 bridgehead atoms. The molecule has 0 amide bonds. The molecular weight excluding hydrogens is 270 g/mol. The second kappa shape index (κ2) is 4.74. The lowest BCUT2D eigenvalue weighted by atomic mass is 10.3. The van der Waals surface area contributed by atoms with E-state index in [4.69, 9.17) is 10.5 Å². The number of halogens is 1. The molecule has 0 aliphatic heterocycles. The minimum absolute atomic E-state index is 0.418. The average Bonchev–Trinajstić information content (AvgIpc) is 3.00. The Balaban J connectivity index is 2.10. The predicted octanol–water partition coefficient (Wildman–Crippen LogP) is 2.35. The molecule has 1 aliphatic rings. The molecule has 4 nitrogen and oxygen atoms in total. The van der Waals surface area contributed by atoms with Crippen molar-refractivity contribution >= 4 is 27.6 Å². The molecule has 1 aromatic carbocycles. The molecule has 0 heterocycles. The van der Waals surface area contributed by atoms with Gasteiger partial charge in [0.15, 0.2) is 5.96 Å². The lowest BCUT2D eigenvalue weighted by molar-refractivity contribution is 0.415. The van der Waals surface area contributed by atoms with Crippen molar-refractivity contribution in [2.24, 2.45) is 10.7 Å². The molecule has 1 saturated carbocycles. The van der Waals surface area contributed by atoms with Crippen molar-refractivity contribution in [2.75, 3.05) is 12.4 Å². The molecule has 16 heavy (non-hydrogen) atoms. The van der Waals surface area contributed by atoms with Crippen LogP contribution in [0.15, 0.2) is 27.7 Å². The van der Waals surface area contributed by atoms with Gasteiger partial charge in [0.05, 0.1) is 13.2 Å². The van der Waals surface area contributed by atoms with Crippen molar-refractivity contribution in [1.29, 1.82) is 0 Å². The second-order valence-corrected chi connectivity index (χ2v) is 4.67. The Morgan fingerprint density at radius 3 is 2.88 bits per heavy atom. The zero-order valence-corrected chi connectivity index (χ0v) is 10.6. The molecule has 0 unspecified atom stereocenters. The largest absolute Gasteiger partial charge is 0.497 e. The van der Waals surface area contributed by atoms with Crippen LogP contribution in [0.25, 0.3) is 0 Å². The van der Waals surface area contributed by atoms with Gasteiger partial charge in [0.1, 0.15) is 5.75 Å². The number of rotatable bonds is 3. The summed E-state index contributed by atoms with van der Waals surface area (Å²) in [5, 5.41) is 3.05. The highest BCUT2D eigenvalue weighted by Gasteiger charge is 2.20. The Hall–Kier alpha value is -1.23. The first-order chi connectivity index (χ1) is 7.67. The van der Waals surface area contributed by atoms with Gasteiger partial charge >= 0.3 is 0 Å². The summed E-state index contributed by atoms with van der Waals surface area (Å²) in [5.41, 5.74) is 6.64. The van der Waals surface area contributed by atoms with Gasteiger partial charge in [0.2, 0.25) is 0 Å². The van der Waals surface area contributed by atoms with E-state index in [1.165, 1.54) is 0 Å². The number of aliphatic imine (C=N–C) groups is 1. The summed E-state index contributed by atoms with van der Waals surface area (Å²) in [7, 11) is 1.63. The number of ether oxygens (including phenoxy) is 1. The zero-order valence-electron chi connectivity index (χ0n) is 9.03. The molecule has 0 saturated heterocycles. The van der Waals surface area contributed by atoms with E-state index in [0.29, 0.717) is 12.0 Å². The maximum absolute atomic E-state index is 5.77. The number of hydrogen-bond acceptors (Lipinski definition) is 2. The summed E-state index contributed by atoms with van der Waals surface area (Å²) in [6, 6.07) is 6.11. The highest BCUT2D eigenvalue weighted by atomic mass is 79.9. The van der Waals surface area contributed by atoms with Gasteiger partial charge in [-0.05, 0) is 25.0 Å². The maximum Gasteiger partial charge on any atom is 0.193 e. The minimum atomic E-state index is 0.418. The molecule has 0 radical (unpaired) electrons. The third kappa shape index (κ3) is 3.13. The Morgan fingerprint density at radius 1 is 1.50 bits per heavy atom. The molecule has 1 aromatic rings. The molecule has 86 valence electrons. The van der Waals surface area contributed by atoms with Crippen LogP contribution in [0.1, 0.15) is 12.8 Å². The molecule has 2 rings (SSSR count). The Kier molecular flexibility index (Phi) is 3.33. The minimum Gasteiger partial charge on any atom is -0.497 e. The van der Waals surface area contributed by atoms with Crippen LogP contribution < -0.4 is 15.8 Å². The number of nitrogens with one attached hydrogen (secondary N) is 1. The Bertz CT molecular complexity index is 416. The number of hydrogen-bond donors (Lipinski definition) is 2. The Labute approximate surface area is 103 Å². The van der Waals surface area contributed by atoms with Crippen LogP contribution in [0, 0.1) is 0 Å². The fourth-order valence-corrected chi connectivity index (χ4v) is 1.81. The van der Waals surface area contributed by atoms with E-state index in [9.17, 15) is 0 Å². The van der Waals surface area contributed by atoms with E-state index in [0.717, 1.165) is 28.8 Å². The van der Waals surface area contributed by atoms with Crippen molar-refractivity contribution in [3.05, 3.63) is 22.7 Å². The Morgan fingerprint density at radius 2 is 2.25 bits per heavy atom. The number of anilines is 1. The van der Waals surface area contributed by atoms with Crippen molar-refractivity contribution in [1.82, 2.24) is 0 Å². The highest BCUT2D eigenvalue weighted by Crippen LogP contribution is 2.25. The number of methoxy groups -OCH3 is 1. The van der Waals surface area contributed by atoms with Crippen LogP contribution in [0.2, 0.25) is 0 Å².